The summed E-state index contributed by atoms with van der Waals surface area (Å²) in [6.07, 6.45) is 3.78. The van der Waals surface area contributed by atoms with E-state index in [1.807, 2.05) is 18.6 Å². The second-order valence-corrected chi connectivity index (χ2v) is 17.7. The molecule has 0 bridgehead atoms. The van der Waals surface area contributed by atoms with E-state index < -0.39 is 57.7 Å². The van der Waals surface area contributed by atoms with Gasteiger partial charge in [-0.05, 0) is 36.4 Å². The molecule has 256 valence electrons. The average molecular weight is 735 g/mol. The van der Waals surface area contributed by atoms with Gasteiger partial charge in [-0.25, -0.2) is 53.4 Å². The number of nitrogens with zero attached hydrogens (tertiary/aromatic N) is 3. The van der Waals surface area contributed by atoms with Gasteiger partial charge >= 0.3 is 0 Å². The minimum absolute atomic E-state index is 0.0200. The summed E-state index contributed by atoms with van der Waals surface area (Å²) in [5.41, 5.74) is 5.67. The first kappa shape index (κ1) is 37.8. The fourth-order valence-corrected chi connectivity index (χ4v) is 6.81. The molecule has 4 N–H and O–H groups in total. The number of nitrogens with one attached hydrogen (secondary N) is 2. The van der Waals surface area contributed by atoms with E-state index in [2.05, 4.69) is 20.3 Å². The zero-order valence-corrected chi connectivity index (χ0v) is 28.9. The number of sulfonamides is 1. The number of sulfone groups is 2. The van der Waals surface area contributed by atoms with Crippen molar-refractivity contribution in [1.82, 2.24) is 15.0 Å². The van der Waals surface area contributed by atoms with Gasteiger partial charge in [-0.15, -0.1) is 11.3 Å². The van der Waals surface area contributed by atoms with Crippen LogP contribution < -0.4 is 15.8 Å². The molecular formula is C28H33F3N6O6S4. The molecule has 0 aliphatic heterocycles. The van der Waals surface area contributed by atoms with Gasteiger partial charge in [-0.3, -0.25) is 4.72 Å². The molecule has 2 aromatic carbocycles. The molecule has 4 rings (SSSR count). The molecule has 0 spiro atoms. The van der Waals surface area contributed by atoms with Crippen LogP contribution in [-0.2, 0) is 29.7 Å². The maximum atomic E-state index is 14.7. The van der Waals surface area contributed by atoms with Crippen LogP contribution >= 0.6 is 11.3 Å². The zero-order chi connectivity index (χ0) is 35.2. The Hall–Kier alpha value is -3.65. The van der Waals surface area contributed by atoms with E-state index in [0.717, 1.165) is 29.5 Å². The average Bonchev–Trinajstić information content (AvgIpc) is 3.39. The fourth-order valence-electron chi connectivity index (χ4n) is 3.73. The Kier molecular flexibility index (Phi) is 12.5. The van der Waals surface area contributed by atoms with Crippen molar-refractivity contribution in [2.45, 2.75) is 24.7 Å². The van der Waals surface area contributed by atoms with Gasteiger partial charge < -0.3 is 11.1 Å². The van der Waals surface area contributed by atoms with Crippen molar-refractivity contribution in [3.63, 3.8) is 0 Å². The predicted molar refractivity (Wildman–Crippen MR) is 177 cm³/mol. The van der Waals surface area contributed by atoms with E-state index in [1.54, 1.807) is 6.07 Å². The molecule has 0 aliphatic carbocycles. The normalized spacial score (nSPS) is 12.0. The van der Waals surface area contributed by atoms with Crippen LogP contribution in [0.3, 0.4) is 0 Å². The van der Waals surface area contributed by atoms with Crippen molar-refractivity contribution in [2.24, 2.45) is 5.73 Å². The van der Waals surface area contributed by atoms with Crippen molar-refractivity contribution < 1.29 is 38.4 Å². The van der Waals surface area contributed by atoms with Crippen molar-refractivity contribution in [3.05, 3.63) is 71.1 Å². The SMILES string of the molecule is CC(C)c1nc(-c2ccc(F)c(NS(=O)(=O)c3ccc(F)cc3F)c2)c(-c2ccnc(NCCS(C)(=O)=O)n2)s1.CS(=O)(=O)CCN. The van der Waals surface area contributed by atoms with E-state index in [9.17, 15) is 38.4 Å². The minimum Gasteiger partial charge on any atom is -0.353 e. The lowest BCUT2D eigenvalue weighted by Gasteiger charge is -2.12. The number of anilines is 2. The summed E-state index contributed by atoms with van der Waals surface area (Å²) < 4.78 is 113. The Morgan fingerprint density at radius 1 is 0.872 bits per heavy atom. The summed E-state index contributed by atoms with van der Waals surface area (Å²) in [5.74, 6) is -3.01. The summed E-state index contributed by atoms with van der Waals surface area (Å²) in [6.45, 7) is 4.20. The van der Waals surface area contributed by atoms with Gasteiger partial charge in [0.1, 0.15) is 42.0 Å². The number of benzene rings is 2. The van der Waals surface area contributed by atoms with Crippen molar-refractivity contribution in [1.29, 1.82) is 0 Å². The van der Waals surface area contributed by atoms with Gasteiger partial charge in [0.15, 0.2) is 0 Å². The maximum Gasteiger partial charge on any atom is 0.264 e. The smallest absolute Gasteiger partial charge is 0.264 e. The maximum absolute atomic E-state index is 14.7. The molecule has 0 fully saturated rings. The quantitative estimate of drug-likeness (QED) is 0.190. The molecule has 0 radical (unpaired) electrons. The van der Waals surface area contributed by atoms with Gasteiger partial charge in [0.25, 0.3) is 10.0 Å². The highest BCUT2D eigenvalue weighted by molar-refractivity contribution is 7.92. The van der Waals surface area contributed by atoms with Crippen LogP contribution in [0.25, 0.3) is 21.8 Å². The van der Waals surface area contributed by atoms with Crippen molar-refractivity contribution >= 4 is 52.7 Å². The lowest BCUT2D eigenvalue weighted by atomic mass is 10.1. The Balaban J connectivity index is 0.000000771. The number of rotatable bonds is 12. The lowest BCUT2D eigenvalue weighted by molar-refractivity contribution is 0.550. The Morgan fingerprint density at radius 3 is 2.13 bits per heavy atom. The Bertz CT molecular complexity index is 2060. The molecule has 0 atom stereocenters. The third-order valence-corrected chi connectivity index (χ3v) is 10.6. The number of halogens is 3. The van der Waals surface area contributed by atoms with Crippen LogP contribution in [0.2, 0.25) is 0 Å². The molecule has 12 nitrogen and oxygen atoms in total. The molecule has 4 aromatic rings. The van der Waals surface area contributed by atoms with Crippen LogP contribution in [0, 0.1) is 17.5 Å². The number of aromatic nitrogens is 3. The van der Waals surface area contributed by atoms with Crippen molar-refractivity contribution in [2.75, 3.05) is 47.1 Å². The first-order valence-corrected chi connectivity index (χ1v) is 20.1. The van der Waals surface area contributed by atoms with Crippen LogP contribution in [0.4, 0.5) is 24.8 Å². The molecule has 0 amide bonds. The molecule has 2 aromatic heterocycles. The second-order valence-electron chi connectivity index (χ2n) is 10.5. The highest BCUT2D eigenvalue weighted by Crippen LogP contribution is 2.39. The third kappa shape index (κ3) is 11.2. The van der Waals surface area contributed by atoms with Crippen LogP contribution in [0.1, 0.15) is 24.8 Å². The topological polar surface area (TPSA) is 191 Å². The molecule has 47 heavy (non-hydrogen) atoms. The van der Waals surface area contributed by atoms with Gasteiger partial charge in [0.05, 0.1) is 38.5 Å². The molecule has 0 unspecified atom stereocenters. The zero-order valence-electron chi connectivity index (χ0n) is 25.7. The Labute approximate surface area is 275 Å². The largest absolute Gasteiger partial charge is 0.353 e. The second kappa shape index (κ2) is 15.5. The van der Waals surface area contributed by atoms with Crippen LogP contribution in [-0.4, -0.2) is 77.3 Å². The predicted octanol–water partition coefficient (Wildman–Crippen LogP) is 4.05. The summed E-state index contributed by atoms with van der Waals surface area (Å²) in [7, 11) is -10.6. The highest BCUT2D eigenvalue weighted by Gasteiger charge is 2.23. The van der Waals surface area contributed by atoms with E-state index in [0.29, 0.717) is 27.9 Å². The van der Waals surface area contributed by atoms with Crippen LogP contribution in [0.5, 0.6) is 0 Å². The summed E-state index contributed by atoms with van der Waals surface area (Å²) in [5, 5.41) is 3.60. The molecular weight excluding hydrogens is 702 g/mol. The first-order valence-electron chi connectivity index (χ1n) is 13.7. The number of hydrogen-bond acceptors (Lipinski definition) is 12. The summed E-state index contributed by atoms with van der Waals surface area (Å²) >= 11 is 1.33. The van der Waals surface area contributed by atoms with Gasteiger partial charge in [-0.1, -0.05) is 13.8 Å². The number of nitrogens with two attached hydrogens (primary N) is 1. The highest BCUT2D eigenvalue weighted by atomic mass is 32.2. The summed E-state index contributed by atoms with van der Waals surface area (Å²) in [6, 6.07) is 7.27. The monoisotopic (exact) mass is 734 g/mol. The number of hydrogen-bond donors (Lipinski definition) is 3. The first-order chi connectivity index (χ1) is 21.8. The molecule has 0 saturated carbocycles. The van der Waals surface area contributed by atoms with E-state index in [-0.39, 0.29) is 36.5 Å². The third-order valence-electron chi connectivity index (χ3n) is 5.94. The molecule has 0 saturated heterocycles. The molecule has 0 aliphatic rings. The van der Waals surface area contributed by atoms with E-state index in [1.165, 1.54) is 35.9 Å². The van der Waals surface area contributed by atoms with Crippen LogP contribution in [0.15, 0.2) is 53.6 Å². The van der Waals surface area contributed by atoms with E-state index >= 15 is 0 Å². The lowest BCUT2D eigenvalue weighted by Crippen LogP contribution is -2.16. The Morgan fingerprint density at radius 2 is 1.55 bits per heavy atom. The standard InChI is InChI=1S/C25H24F3N5O4S3.C3H9NO2S/c1-14(2)24-32-22(23(38-24)19-8-9-29-25(31-19)30-10-11-39(3,34)35)15-4-6-17(27)20(12-15)33-40(36,37)21-7-5-16(26)13-18(21)28;1-7(5,6)3-2-4/h4-9,12-14,33H,10-11H2,1-3H3,(H,29,30,31);2-4H2,1H3. The molecule has 19 heteroatoms. The molecule has 2 heterocycles. The number of thiazole rings is 1. The van der Waals surface area contributed by atoms with Gasteiger partial charge in [0, 0.05) is 49.3 Å². The van der Waals surface area contributed by atoms with Crippen molar-refractivity contribution in [3.8, 4) is 21.8 Å². The fraction of sp³-hybridized carbons (Fsp3) is 0.321. The van der Waals surface area contributed by atoms with E-state index in [4.69, 9.17) is 5.73 Å². The summed E-state index contributed by atoms with van der Waals surface area (Å²) in [4.78, 5) is 13.0. The van der Waals surface area contributed by atoms with Gasteiger partial charge in [0.2, 0.25) is 5.95 Å². The van der Waals surface area contributed by atoms with Gasteiger partial charge in [-0.2, -0.15) is 0 Å². The minimum atomic E-state index is -4.60.